The van der Waals surface area contributed by atoms with Crippen LogP contribution in [0, 0.1) is 5.92 Å². The molecule has 1 saturated carbocycles. The second-order valence-corrected chi connectivity index (χ2v) is 4.52. The first kappa shape index (κ1) is 11.1. The molecule has 1 radical (unpaired) electrons. The fourth-order valence-electron chi connectivity index (χ4n) is 2.31. The lowest BCUT2D eigenvalue weighted by Gasteiger charge is -2.20. The van der Waals surface area contributed by atoms with Gasteiger partial charge in [0.2, 0.25) is 0 Å². The molecule has 1 aromatic carbocycles. The molecule has 0 bridgehead atoms. The number of hydrogen-bond donors (Lipinski definition) is 0. The van der Waals surface area contributed by atoms with Crippen molar-refractivity contribution in [3.8, 4) is 0 Å². The van der Waals surface area contributed by atoms with Crippen LogP contribution in [0.4, 0.5) is 0 Å². The first-order valence-electron chi connectivity index (χ1n) is 5.87. The lowest BCUT2D eigenvalue weighted by Crippen LogP contribution is -2.18. The van der Waals surface area contributed by atoms with Gasteiger partial charge in [0.1, 0.15) is 5.78 Å². The lowest BCUT2D eigenvalue weighted by atomic mass is 9.84. The molecule has 0 unspecified atom stereocenters. The number of hydrogen-bond acceptors (Lipinski definition) is 1. The molecule has 83 valence electrons. The van der Waals surface area contributed by atoms with Crippen molar-refractivity contribution in [3.63, 3.8) is 0 Å². The van der Waals surface area contributed by atoms with Crippen LogP contribution in [0.15, 0.2) is 30.3 Å². The number of ketones is 1. The number of rotatable bonds is 3. The molecule has 1 fully saturated rings. The van der Waals surface area contributed by atoms with E-state index in [2.05, 4.69) is 0 Å². The summed E-state index contributed by atoms with van der Waals surface area (Å²) in [6, 6.07) is 9.57. The summed E-state index contributed by atoms with van der Waals surface area (Å²) in [7, 11) is 0. The number of carbonyl (C=O) groups is 1. The van der Waals surface area contributed by atoms with E-state index in [4.69, 9.17) is 0 Å². The van der Waals surface area contributed by atoms with Gasteiger partial charge in [-0.25, -0.2) is 0 Å². The molecule has 1 atom stereocenters. The van der Waals surface area contributed by atoms with Gasteiger partial charge in [-0.1, -0.05) is 30.3 Å². The first-order valence-corrected chi connectivity index (χ1v) is 5.87. The van der Waals surface area contributed by atoms with Crippen molar-refractivity contribution in [2.24, 2.45) is 5.92 Å². The van der Waals surface area contributed by atoms with Gasteiger partial charge < -0.3 is 0 Å². The molecule has 0 N–H and O–H groups in total. The van der Waals surface area contributed by atoms with Crippen molar-refractivity contribution in [1.29, 1.82) is 0 Å². The highest BCUT2D eigenvalue weighted by molar-refractivity contribution is 5.99. The van der Waals surface area contributed by atoms with Crippen LogP contribution in [0.2, 0.25) is 0 Å². The van der Waals surface area contributed by atoms with Crippen molar-refractivity contribution in [2.75, 3.05) is 0 Å². The molecule has 1 aliphatic carbocycles. The van der Waals surface area contributed by atoms with Gasteiger partial charge in [0.25, 0.3) is 0 Å². The molecule has 0 amide bonds. The van der Waals surface area contributed by atoms with E-state index in [1.54, 1.807) is 0 Å². The summed E-state index contributed by atoms with van der Waals surface area (Å²) in [6.07, 6.45) is 4.03. The van der Waals surface area contributed by atoms with Crippen LogP contribution in [0.3, 0.4) is 0 Å². The quantitative estimate of drug-likeness (QED) is 0.712. The van der Waals surface area contributed by atoms with Crippen LogP contribution < -0.4 is 5.41 Å². The fourth-order valence-corrected chi connectivity index (χ4v) is 2.31. The molecule has 2 heteroatoms. The summed E-state index contributed by atoms with van der Waals surface area (Å²) in [5.74, 6) is 0.679. The highest BCUT2D eigenvalue weighted by Crippen LogP contribution is 2.25. The molecule has 1 aromatic rings. The van der Waals surface area contributed by atoms with Gasteiger partial charge in [0.05, 0.1) is 5.71 Å². The third-order valence-electron chi connectivity index (χ3n) is 3.17. The Morgan fingerprint density at radius 3 is 2.75 bits per heavy atom. The molecule has 2 nitrogen and oxygen atoms in total. The van der Waals surface area contributed by atoms with Gasteiger partial charge in [-0.2, -0.15) is 5.41 Å². The zero-order chi connectivity index (χ0) is 11.4. The van der Waals surface area contributed by atoms with Gasteiger partial charge >= 0.3 is 0 Å². The Balaban J connectivity index is 1.95. The predicted molar refractivity (Wildman–Crippen MR) is 64.3 cm³/mol. The monoisotopic (exact) mass is 214 g/mol. The minimum absolute atomic E-state index is 0.335. The van der Waals surface area contributed by atoms with E-state index in [1.807, 2.05) is 30.3 Å². The van der Waals surface area contributed by atoms with Crippen molar-refractivity contribution in [2.45, 2.75) is 32.1 Å². The highest BCUT2D eigenvalue weighted by atomic mass is 16.1. The molecule has 0 saturated heterocycles. The Bertz CT molecular complexity index is 383. The third kappa shape index (κ3) is 2.78. The van der Waals surface area contributed by atoms with Crippen LogP contribution in [0.5, 0.6) is 0 Å². The Morgan fingerprint density at radius 1 is 1.31 bits per heavy atom. The SMILES string of the molecule is [N]=C(C[C@H]1CCCC(=O)C1)c1ccccc1. The van der Waals surface area contributed by atoms with E-state index >= 15 is 0 Å². The summed E-state index contributed by atoms with van der Waals surface area (Å²) in [5, 5.41) is 9.96. The molecular weight excluding hydrogens is 198 g/mol. The van der Waals surface area contributed by atoms with Gasteiger partial charge in [0.15, 0.2) is 0 Å². The zero-order valence-corrected chi connectivity index (χ0v) is 9.36. The molecule has 0 heterocycles. The maximum absolute atomic E-state index is 11.3. The predicted octanol–water partition coefficient (Wildman–Crippen LogP) is 2.43. The Kier molecular flexibility index (Phi) is 3.50. The Hall–Kier alpha value is -1.44. The number of benzene rings is 1. The maximum atomic E-state index is 11.3. The second kappa shape index (κ2) is 5.06. The van der Waals surface area contributed by atoms with Crippen molar-refractivity contribution in [1.82, 2.24) is 5.41 Å². The third-order valence-corrected chi connectivity index (χ3v) is 3.17. The van der Waals surface area contributed by atoms with E-state index in [0.29, 0.717) is 30.3 Å². The average molecular weight is 214 g/mol. The van der Waals surface area contributed by atoms with Gasteiger partial charge in [0, 0.05) is 12.8 Å². The number of Topliss-reactive ketones (excluding diaryl/α,β-unsaturated/α-hetero) is 1. The van der Waals surface area contributed by atoms with Gasteiger partial charge in [-0.3, -0.25) is 4.79 Å². The summed E-state index contributed by atoms with van der Waals surface area (Å²) in [6.45, 7) is 0. The average Bonchev–Trinajstić information content (AvgIpc) is 2.30. The largest absolute Gasteiger partial charge is 0.300 e. The Morgan fingerprint density at radius 2 is 2.06 bits per heavy atom. The fraction of sp³-hybridized carbons (Fsp3) is 0.429. The summed E-state index contributed by atoms with van der Waals surface area (Å²) in [4.78, 5) is 11.3. The molecular formula is C14H16NO. The van der Waals surface area contributed by atoms with Crippen molar-refractivity contribution >= 4 is 11.5 Å². The topological polar surface area (TPSA) is 39.4 Å². The smallest absolute Gasteiger partial charge is 0.133 e. The molecule has 16 heavy (non-hydrogen) atoms. The van der Waals surface area contributed by atoms with Crippen LogP contribution in [0.1, 0.15) is 37.7 Å². The van der Waals surface area contributed by atoms with Gasteiger partial charge in [-0.15, -0.1) is 0 Å². The molecule has 1 aliphatic rings. The van der Waals surface area contributed by atoms with Crippen LogP contribution in [-0.4, -0.2) is 11.5 Å². The van der Waals surface area contributed by atoms with Crippen molar-refractivity contribution < 1.29 is 4.79 Å². The summed E-state index contributed by atoms with van der Waals surface area (Å²) < 4.78 is 0. The Labute approximate surface area is 96.2 Å². The van der Waals surface area contributed by atoms with E-state index in [0.717, 1.165) is 24.8 Å². The molecule has 2 rings (SSSR count). The van der Waals surface area contributed by atoms with E-state index < -0.39 is 0 Å². The second-order valence-electron chi connectivity index (χ2n) is 4.52. The normalized spacial score (nSPS) is 20.8. The van der Waals surface area contributed by atoms with Crippen LogP contribution in [0.25, 0.3) is 0 Å². The van der Waals surface area contributed by atoms with Crippen LogP contribution >= 0.6 is 0 Å². The van der Waals surface area contributed by atoms with Gasteiger partial charge in [-0.05, 0) is 30.7 Å². The minimum atomic E-state index is 0.335. The molecule has 0 aliphatic heterocycles. The zero-order valence-electron chi connectivity index (χ0n) is 9.36. The lowest BCUT2D eigenvalue weighted by molar-refractivity contribution is -0.121. The maximum Gasteiger partial charge on any atom is 0.133 e. The number of nitrogens with zero attached hydrogens (tertiary/aromatic N) is 1. The molecule has 0 spiro atoms. The highest BCUT2D eigenvalue weighted by Gasteiger charge is 2.21. The van der Waals surface area contributed by atoms with Crippen molar-refractivity contribution in [3.05, 3.63) is 35.9 Å². The first-order chi connectivity index (χ1) is 7.75. The summed E-state index contributed by atoms with van der Waals surface area (Å²) >= 11 is 0. The summed E-state index contributed by atoms with van der Waals surface area (Å²) in [5.41, 5.74) is 1.29. The van der Waals surface area contributed by atoms with E-state index in [1.165, 1.54) is 0 Å². The van der Waals surface area contributed by atoms with E-state index in [9.17, 15) is 10.2 Å². The number of carbonyl (C=O) groups excluding carboxylic acids is 1. The standard InChI is InChI=1S/C14H16NO/c15-14(12-6-2-1-3-7-12)10-11-5-4-8-13(16)9-11/h1-3,6-7,11H,4-5,8-10H2/t11-/m0/s1. The van der Waals surface area contributed by atoms with Crippen LogP contribution in [-0.2, 0) is 4.79 Å². The molecule has 0 aromatic heterocycles. The minimum Gasteiger partial charge on any atom is -0.300 e. The van der Waals surface area contributed by atoms with E-state index in [-0.39, 0.29) is 0 Å².